The molecule has 5 nitrogen and oxygen atoms in total. The van der Waals surface area contributed by atoms with Crippen LogP contribution in [0.25, 0.3) is 0 Å². The predicted molar refractivity (Wildman–Crippen MR) is 129 cm³/mol. The molecule has 2 heterocycles. The van der Waals surface area contributed by atoms with Crippen molar-refractivity contribution in [2.24, 2.45) is 34.5 Å². The van der Waals surface area contributed by atoms with Crippen LogP contribution in [0, 0.1) is 34.5 Å². The van der Waals surface area contributed by atoms with Crippen LogP contribution in [0.15, 0.2) is 10.8 Å². The molecule has 0 radical (unpaired) electrons. The van der Waals surface area contributed by atoms with Gasteiger partial charge in [-0.1, -0.05) is 40.0 Å². The average Bonchev–Trinajstić information content (AvgIpc) is 3.47. The van der Waals surface area contributed by atoms with Crippen molar-refractivity contribution in [3.63, 3.8) is 0 Å². The molecule has 1 saturated heterocycles. The molecule has 5 rings (SSSR count). The van der Waals surface area contributed by atoms with Gasteiger partial charge in [0.25, 0.3) is 0 Å². The van der Waals surface area contributed by atoms with Gasteiger partial charge in [-0.3, -0.25) is 0 Å². The molecule has 3 aliphatic carbocycles. The molecule has 1 aromatic heterocycles. The maximum atomic E-state index is 11.4. The second-order valence-corrected chi connectivity index (χ2v) is 12.4. The zero-order valence-corrected chi connectivity index (χ0v) is 21.2. The fourth-order valence-electron chi connectivity index (χ4n) is 8.13. The standard InChI is InChI=1S/C27H40O5S/c1-17-8-9-22-26(2,20(17)11-13-30-21-15-33-14-19(21)24(28)29)12-10-23-27(22,3)16-31-25(32-23)18-6-4-5-7-18/h14-15,17-18,20,22-23,25H,4-13,16H2,1-3H3,(H,28,29)/t17?,20-,22?,23-,25-,26+,27+/m1/s1. The van der Waals surface area contributed by atoms with Gasteiger partial charge >= 0.3 is 5.97 Å². The fourth-order valence-corrected chi connectivity index (χ4v) is 8.87. The predicted octanol–water partition coefficient (Wildman–Crippen LogP) is 6.62. The Morgan fingerprint density at radius 1 is 1.15 bits per heavy atom. The van der Waals surface area contributed by atoms with Crippen molar-refractivity contribution in [3.05, 3.63) is 16.3 Å². The topological polar surface area (TPSA) is 65.0 Å². The van der Waals surface area contributed by atoms with Crippen LogP contribution < -0.4 is 4.74 Å². The third-order valence-corrected chi connectivity index (χ3v) is 10.6. The Kier molecular flexibility index (Phi) is 6.56. The first kappa shape index (κ1) is 23.6. The van der Waals surface area contributed by atoms with E-state index < -0.39 is 5.97 Å². The Hall–Kier alpha value is -1.11. The van der Waals surface area contributed by atoms with Gasteiger partial charge in [0.15, 0.2) is 6.29 Å². The minimum atomic E-state index is -0.913. The monoisotopic (exact) mass is 476 g/mol. The second-order valence-electron chi connectivity index (χ2n) is 11.7. The van der Waals surface area contributed by atoms with E-state index in [1.807, 2.05) is 5.38 Å². The van der Waals surface area contributed by atoms with Crippen LogP contribution in [-0.2, 0) is 9.47 Å². The summed E-state index contributed by atoms with van der Waals surface area (Å²) in [5.74, 6) is 1.99. The summed E-state index contributed by atoms with van der Waals surface area (Å²) in [5, 5.41) is 12.8. The molecule has 2 unspecified atom stereocenters. The molecular formula is C27H40O5S. The summed E-state index contributed by atoms with van der Waals surface area (Å²) in [6.07, 6.45) is 11.2. The summed E-state index contributed by atoms with van der Waals surface area (Å²) in [7, 11) is 0. The molecule has 1 aromatic rings. The minimum Gasteiger partial charge on any atom is -0.492 e. The van der Waals surface area contributed by atoms with E-state index in [-0.39, 0.29) is 22.7 Å². The van der Waals surface area contributed by atoms with Crippen molar-refractivity contribution < 1.29 is 24.1 Å². The number of hydrogen-bond acceptors (Lipinski definition) is 5. The highest BCUT2D eigenvalue weighted by Gasteiger charge is 2.60. The number of carboxylic acid groups (broad SMARTS) is 1. The number of rotatable bonds is 6. The Bertz CT molecular complexity index is 847. The lowest BCUT2D eigenvalue weighted by Gasteiger charge is -2.63. The van der Waals surface area contributed by atoms with Crippen molar-refractivity contribution in [1.29, 1.82) is 0 Å². The van der Waals surface area contributed by atoms with Gasteiger partial charge in [-0.2, -0.15) is 0 Å². The third-order valence-electron chi connectivity index (χ3n) is 9.90. The lowest BCUT2D eigenvalue weighted by Crippen LogP contribution is -2.62. The Balaban J connectivity index is 1.28. The second kappa shape index (κ2) is 9.16. The number of hydrogen-bond donors (Lipinski definition) is 1. The smallest absolute Gasteiger partial charge is 0.340 e. The number of ether oxygens (including phenoxy) is 3. The van der Waals surface area contributed by atoms with Crippen LogP contribution in [0.5, 0.6) is 5.75 Å². The van der Waals surface area contributed by atoms with Crippen LogP contribution in [0.4, 0.5) is 0 Å². The van der Waals surface area contributed by atoms with E-state index in [0.717, 1.165) is 19.4 Å². The first-order chi connectivity index (χ1) is 15.8. The summed E-state index contributed by atoms with van der Waals surface area (Å²) in [4.78, 5) is 11.4. The summed E-state index contributed by atoms with van der Waals surface area (Å²) in [5.41, 5.74) is 0.594. The molecular weight excluding hydrogens is 436 g/mol. The molecule has 0 aromatic carbocycles. The van der Waals surface area contributed by atoms with Crippen LogP contribution in [0.1, 0.15) is 88.9 Å². The zero-order valence-electron chi connectivity index (χ0n) is 20.4. The Morgan fingerprint density at radius 2 is 1.94 bits per heavy atom. The normalized spacial score (nSPS) is 41.4. The molecule has 6 heteroatoms. The van der Waals surface area contributed by atoms with Gasteiger partial charge in [0.2, 0.25) is 0 Å². The highest BCUT2D eigenvalue weighted by atomic mass is 32.1. The molecule has 1 N–H and O–H groups in total. The van der Waals surface area contributed by atoms with Crippen LogP contribution >= 0.6 is 11.3 Å². The van der Waals surface area contributed by atoms with Gasteiger partial charge in [-0.25, -0.2) is 4.79 Å². The number of thiophene rings is 1. The zero-order chi connectivity index (χ0) is 23.2. The van der Waals surface area contributed by atoms with Crippen molar-refractivity contribution in [2.75, 3.05) is 13.2 Å². The molecule has 4 aliphatic rings. The van der Waals surface area contributed by atoms with Crippen molar-refractivity contribution in [1.82, 2.24) is 0 Å². The molecule has 3 saturated carbocycles. The van der Waals surface area contributed by atoms with E-state index in [2.05, 4.69) is 20.8 Å². The lowest BCUT2D eigenvalue weighted by molar-refractivity contribution is -0.319. The summed E-state index contributed by atoms with van der Waals surface area (Å²) < 4.78 is 19.1. The number of fused-ring (bicyclic) bond motifs is 3. The molecule has 0 bridgehead atoms. The summed E-state index contributed by atoms with van der Waals surface area (Å²) >= 11 is 1.39. The molecule has 0 spiro atoms. The lowest BCUT2D eigenvalue weighted by atomic mass is 9.45. The van der Waals surface area contributed by atoms with E-state index in [9.17, 15) is 9.90 Å². The summed E-state index contributed by atoms with van der Waals surface area (Å²) in [6.45, 7) is 8.74. The number of carbonyl (C=O) groups is 1. The summed E-state index contributed by atoms with van der Waals surface area (Å²) in [6, 6.07) is 0. The van der Waals surface area contributed by atoms with Crippen LogP contribution in [0.2, 0.25) is 0 Å². The maximum absolute atomic E-state index is 11.4. The van der Waals surface area contributed by atoms with Gasteiger partial charge in [-0.05, 0) is 61.7 Å². The van der Waals surface area contributed by atoms with E-state index in [1.165, 1.54) is 56.3 Å². The minimum absolute atomic E-state index is 0.00989. The molecule has 0 amide bonds. The third kappa shape index (κ3) is 4.14. The van der Waals surface area contributed by atoms with E-state index >= 15 is 0 Å². The molecule has 4 fully saturated rings. The van der Waals surface area contributed by atoms with Gasteiger partial charge in [0.05, 0.1) is 19.3 Å². The van der Waals surface area contributed by atoms with Gasteiger partial charge in [-0.15, -0.1) is 11.3 Å². The quantitative estimate of drug-likeness (QED) is 0.500. The Labute approximate surface area is 202 Å². The van der Waals surface area contributed by atoms with Gasteiger partial charge < -0.3 is 19.3 Å². The van der Waals surface area contributed by atoms with Crippen molar-refractivity contribution in [2.45, 2.75) is 91.0 Å². The maximum Gasteiger partial charge on any atom is 0.340 e. The van der Waals surface area contributed by atoms with E-state index in [1.54, 1.807) is 5.38 Å². The Morgan fingerprint density at radius 3 is 2.70 bits per heavy atom. The molecule has 33 heavy (non-hydrogen) atoms. The van der Waals surface area contributed by atoms with Crippen LogP contribution in [-0.4, -0.2) is 36.7 Å². The van der Waals surface area contributed by atoms with Crippen LogP contribution in [0.3, 0.4) is 0 Å². The highest BCUT2D eigenvalue weighted by Crippen LogP contribution is 2.63. The first-order valence-corrected chi connectivity index (χ1v) is 14.0. The molecule has 1 aliphatic heterocycles. The SMILES string of the molecule is CC1CCC2[C@]3(C)CO[C@@H](C4CCCC4)O[C@@H]3CC[C@@]2(C)[C@@H]1CCOc1cscc1C(=O)O. The van der Waals surface area contributed by atoms with Gasteiger partial charge in [0, 0.05) is 22.1 Å². The fraction of sp³-hybridized carbons (Fsp3) is 0.815. The van der Waals surface area contributed by atoms with Crippen molar-refractivity contribution >= 4 is 17.3 Å². The highest BCUT2D eigenvalue weighted by molar-refractivity contribution is 7.08. The van der Waals surface area contributed by atoms with E-state index in [0.29, 0.717) is 42.1 Å². The van der Waals surface area contributed by atoms with Gasteiger partial charge in [0.1, 0.15) is 11.3 Å². The first-order valence-electron chi connectivity index (χ1n) is 13.0. The number of aromatic carboxylic acids is 1. The van der Waals surface area contributed by atoms with Crippen molar-refractivity contribution in [3.8, 4) is 5.75 Å². The number of carboxylic acids is 1. The molecule has 7 atom stereocenters. The molecule has 184 valence electrons. The average molecular weight is 477 g/mol. The van der Waals surface area contributed by atoms with E-state index in [4.69, 9.17) is 14.2 Å². The largest absolute Gasteiger partial charge is 0.492 e.